The maximum Gasteiger partial charge on any atom is 0.212 e. The van der Waals surface area contributed by atoms with Gasteiger partial charge in [-0.1, -0.05) is 41.9 Å². The van der Waals surface area contributed by atoms with Crippen LogP contribution < -0.4 is 10.2 Å². The van der Waals surface area contributed by atoms with Gasteiger partial charge in [-0.15, -0.1) is 24.0 Å². The molecule has 1 unspecified atom stereocenters. The van der Waals surface area contributed by atoms with Gasteiger partial charge in [-0.3, -0.25) is 5.32 Å². The lowest BCUT2D eigenvalue weighted by atomic mass is 10.2. The van der Waals surface area contributed by atoms with Crippen LogP contribution in [0.4, 0.5) is 10.1 Å². The molecule has 23 heavy (non-hydrogen) atoms. The summed E-state index contributed by atoms with van der Waals surface area (Å²) < 4.78 is 12.9. The smallest absolute Gasteiger partial charge is 0.212 e. The van der Waals surface area contributed by atoms with Gasteiger partial charge in [0.15, 0.2) is 0 Å². The highest BCUT2D eigenvalue weighted by molar-refractivity contribution is 6.27. The molecule has 124 valence electrons. The van der Waals surface area contributed by atoms with E-state index in [1.54, 1.807) is 6.07 Å². The Morgan fingerprint density at radius 2 is 2.00 bits per heavy atom. The van der Waals surface area contributed by atoms with Crippen molar-refractivity contribution >= 4 is 41.3 Å². The Kier molecular flexibility index (Phi) is 6.09. The largest absolute Gasteiger partial charge is 0.351 e. The van der Waals surface area contributed by atoms with Crippen LogP contribution in [0.1, 0.15) is 12.0 Å². The van der Waals surface area contributed by atoms with E-state index in [9.17, 15) is 4.39 Å². The van der Waals surface area contributed by atoms with Crippen LogP contribution in [0.2, 0.25) is 0 Å². The molecule has 0 saturated carbocycles. The van der Waals surface area contributed by atoms with Crippen LogP contribution >= 0.6 is 35.6 Å². The molecule has 2 heterocycles. The van der Waals surface area contributed by atoms with E-state index in [2.05, 4.69) is 10.3 Å². The van der Waals surface area contributed by atoms with E-state index in [-0.39, 0.29) is 17.9 Å². The second kappa shape index (κ2) is 7.67. The molecule has 1 saturated heterocycles. The normalized spacial score (nSPS) is 23.6. The van der Waals surface area contributed by atoms with E-state index in [0.29, 0.717) is 19.5 Å². The van der Waals surface area contributed by atoms with Crippen molar-refractivity contribution < 1.29 is 4.39 Å². The summed E-state index contributed by atoms with van der Waals surface area (Å²) in [5.74, 6) is -0.506. The molecule has 0 bridgehead atoms. The molecule has 2 aromatic rings. The third-order valence-corrected chi connectivity index (χ3v) is 4.54. The second-order valence-electron chi connectivity index (χ2n) is 5.41. The van der Waals surface area contributed by atoms with Crippen molar-refractivity contribution in [3.8, 4) is 0 Å². The average molecular weight is 377 g/mol. The number of hydrogen-bond donors (Lipinski definition) is 1. The number of benzene rings is 1. The fraction of sp³-hybridized carbons (Fsp3) is 0.312. The number of anilines is 1. The standard InChI is InChI=1S/C16H16Cl2FN3.ClH/c17-14-8-16(18,21-9-12-4-2-1-3-5-12)11-22(14)13-6-7-15(19)20-10-13;/h1-7,10,14,21H,8-9,11H2;1H/t14?,16-;/m1./s1. The highest BCUT2D eigenvalue weighted by Crippen LogP contribution is 2.36. The molecule has 1 aliphatic heterocycles. The first-order valence-electron chi connectivity index (χ1n) is 7.06. The van der Waals surface area contributed by atoms with Crippen molar-refractivity contribution in [2.45, 2.75) is 23.5 Å². The summed E-state index contributed by atoms with van der Waals surface area (Å²) in [6.45, 7) is 1.20. The fourth-order valence-corrected chi connectivity index (χ4v) is 3.45. The van der Waals surface area contributed by atoms with Gasteiger partial charge in [0.1, 0.15) is 10.5 Å². The Hall–Kier alpha value is -1.07. The van der Waals surface area contributed by atoms with Crippen LogP contribution in [0, 0.1) is 5.95 Å². The summed E-state index contributed by atoms with van der Waals surface area (Å²) in [4.78, 5) is 4.98. The molecule has 1 N–H and O–H groups in total. The fourth-order valence-electron chi connectivity index (χ4n) is 2.59. The minimum atomic E-state index is -0.614. The molecule has 0 spiro atoms. The Balaban J connectivity index is 0.00000192. The lowest BCUT2D eigenvalue weighted by Crippen LogP contribution is -2.42. The number of halogens is 4. The van der Waals surface area contributed by atoms with Crippen LogP contribution in [0.5, 0.6) is 0 Å². The number of rotatable bonds is 4. The van der Waals surface area contributed by atoms with Crippen molar-refractivity contribution in [3.63, 3.8) is 0 Å². The average Bonchev–Trinajstić information content (AvgIpc) is 2.83. The minimum Gasteiger partial charge on any atom is -0.351 e. The Labute approximate surface area is 151 Å². The molecule has 3 nitrogen and oxygen atoms in total. The van der Waals surface area contributed by atoms with Gasteiger partial charge < -0.3 is 4.90 Å². The predicted octanol–water partition coefficient (Wildman–Crippen LogP) is 4.14. The topological polar surface area (TPSA) is 28.2 Å². The monoisotopic (exact) mass is 375 g/mol. The van der Waals surface area contributed by atoms with E-state index >= 15 is 0 Å². The van der Waals surface area contributed by atoms with Crippen LogP contribution in [0.3, 0.4) is 0 Å². The number of hydrogen-bond acceptors (Lipinski definition) is 3. The highest BCUT2D eigenvalue weighted by Gasteiger charge is 2.41. The molecule has 1 aromatic carbocycles. The molecule has 1 aromatic heterocycles. The summed E-state index contributed by atoms with van der Waals surface area (Å²) in [7, 11) is 0. The summed E-state index contributed by atoms with van der Waals surface area (Å²) in [5, 5.41) is 3.36. The van der Waals surface area contributed by atoms with Gasteiger partial charge in [0.05, 0.1) is 18.4 Å². The van der Waals surface area contributed by atoms with Gasteiger partial charge in [-0.05, 0) is 17.7 Å². The van der Waals surface area contributed by atoms with Crippen molar-refractivity contribution in [2.75, 3.05) is 11.4 Å². The molecule has 1 fully saturated rings. The Morgan fingerprint density at radius 3 is 2.65 bits per heavy atom. The number of alkyl halides is 2. The number of aromatic nitrogens is 1. The molecular weight excluding hydrogens is 360 g/mol. The lowest BCUT2D eigenvalue weighted by molar-refractivity contribution is 0.490. The van der Waals surface area contributed by atoms with Gasteiger partial charge in [0.2, 0.25) is 5.95 Å². The van der Waals surface area contributed by atoms with Crippen molar-refractivity contribution in [1.82, 2.24) is 10.3 Å². The summed E-state index contributed by atoms with van der Waals surface area (Å²) >= 11 is 13.1. The van der Waals surface area contributed by atoms with Gasteiger partial charge in [-0.2, -0.15) is 4.39 Å². The highest BCUT2D eigenvalue weighted by atomic mass is 35.5. The molecule has 2 atom stereocenters. The minimum absolute atomic E-state index is 0. The SMILES string of the molecule is Cl.Fc1ccc(N2C[C@](Cl)(NCc3ccccc3)CC2Cl)cn1. The third-order valence-electron chi connectivity index (χ3n) is 3.75. The number of nitrogens with zero attached hydrogens (tertiary/aromatic N) is 2. The Morgan fingerprint density at radius 1 is 1.26 bits per heavy atom. The van der Waals surface area contributed by atoms with Gasteiger partial charge in [-0.25, -0.2) is 4.98 Å². The maximum absolute atomic E-state index is 12.9. The molecular formula is C16H17Cl3FN3. The summed E-state index contributed by atoms with van der Waals surface area (Å²) in [6.07, 6.45) is 2.06. The first-order chi connectivity index (χ1) is 10.6. The quantitative estimate of drug-likeness (QED) is 0.494. The predicted molar refractivity (Wildman–Crippen MR) is 94.9 cm³/mol. The number of pyridine rings is 1. The van der Waals surface area contributed by atoms with E-state index < -0.39 is 10.9 Å². The van der Waals surface area contributed by atoms with E-state index in [0.717, 1.165) is 11.3 Å². The van der Waals surface area contributed by atoms with Crippen LogP contribution in [0.15, 0.2) is 48.7 Å². The van der Waals surface area contributed by atoms with Gasteiger partial charge in [0, 0.05) is 13.0 Å². The van der Waals surface area contributed by atoms with Gasteiger partial charge in [0.25, 0.3) is 0 Å². The molecule has 7 heteroatoms. The first-order valence-corrected chi connectivity index (χ1v) is 7.87. The summed E-state index contributed by atoms with van der Waals surface area (Å²) in [6, 6.07) is 13.0. The lowest BCUT2D eigenvalue weighted by Gasteiger charge is -2.25. The van der Waals surface area contributed by atoms with Crippen LogP contribution in [0.25, 0.3) is 0 Å². The zero-order valence-corrected chi connectivity index (χ0v) is 14.6. The van der Waals surface area contributed by atoms with Crippen LogP contribution in [-0.2, 0) is 6.54 Å². The second-order valence-corrected chi connectivity index (χ2v) is 6.64. The zero-order chi connectivity index (χ0) is 15.6. The van der Waals surface area contributed by atoms with E-state index in [1.165, 1.54) is 12.3 Å². The van der Waals surface area contributed by atoms with Crippen molar-refractivity contribution in [1.29, 1.82) is 0 Å². The van der Waals surface area contributed by atoms with E-state index in [4.69, 9.17) is 23.2 Å². The molecule has 0 radical (unpaired) electrons. The molecule has 0 aliphatic carbocycles. The van der Waals surface area contributed by atoms with Crippen molar-refractivity contribution in [2.24, 2.45) is 0 Å². The van der Waals surface area contributed by atoms with Gasteiger partial charge >= 0.3 is 0 Å². The number of nitrogens with one attached hydrogen (secondary N) is 1. The first kappa shape index (κ1) is 18.3. The van der Waals surface area contributed by atoms with Crippen molar-refractivity contribution in [3.05, 3.63) is 60.2 Å². The Bertz CT molecular complexity index is 626. The third kappa shape index (κ3) is 4.48. The van der Waals surface area contributed by atoms with E-state index in [1.807, 2.05) is 35.2 Å². The zero-order valence-electron chi connectivity index (χ0n) is 12.3. The molecule has 1 aliphatic rings. The van der Waals surface area contributed by atoms with Crippen LogP contribution in [-0.4, -0.2) is 22.0 Å². The molecule has 0 amide bonds. The summed E-state index contributed by atoms with van der Waals surface area (Å²) in [5.41, 5.74) is 1.68. The maximum atomic E-state index is 12.9. The molecule has 3 rings (SSSR count).